The smallest absolute Gasteiger partial charge is 0.313 e. The first kappa shape index (κ1) is 14.8. The van der Waals surface area contributed by atoms with Crippen LogP contribution in [0.4, 0.5) is 13.2 Å². The fraction of sp³-hybridized carbons (Fsp3) is 0.400. The molecule has 1 aromatic heterocycles. The zero-order valence-corrected chi connectivity index (χ0v) is 11.1. The van der Waals surface area contributed by atoms with Crippen molar-refractivity contribution in [3.05, 3.63) is 42.2 Å². The van der Waals surface area contributed by atoms with Gasteiger partial charge in [-0.25, -0.2) is 0 Å². The van der Waals surface area contributed by atoms with E-state index in [-0.39, 0.29) is 6.42 Å². The minimum atomic E-state index is -4.04. The standard InChI is InChI=1S/C15H17F3N2/c16-15(17,18)6-1-2-7-19-10-12-3-4-14-11-20-8-5-13(14)9-12/h3-5,8-9,11,19H,1-2,6-7,10H2. The van der Waals surface area contributed by atoms with Gasteiger partial charge < -0.3 is 5.32 Å². The molecule has 2 rings (SSSR count). The molecule has 5 heteroatoms. The maximum absolute atomic E-state index is 12.0. The third-order valence-electron chi connectivity index (χ3n) is 3.10. The number of hydrogen-bond donors (Lipinski definition) is 1. The zero-order valence-electron chi connectivity index (χ0n) is 11.1. The molecule has 0 aliphatic heterocycles. The number of nitrogens with one attached hydrogen (secondary N) is 1. The monoisotopic (exact) mass is 282 g/mol. The molecule has 1 heterocycles. The number of hydrogen-bond acceptors (Lipinski definition) is 2. The Morgan fingerprint density at radius 3 is 2.70 bits per heavy atom. The minimum Gasteiger partial charge on any atom is -0.313 e. The van der Waals surface area contributed by atoms with Gasteiger partial charge >= 0.3 is 6.18 Å². The van der Waals surface area contributed by atoms with Crippen LogP contribution in [0.3, 0.4) is 0 Å². The van der Waals surface area contributed by atoms with E-state index in [0.717, 1.165) is 16.3 Å². The Balaban J connectivity index is 1.73. The van der Waals surface area contributed by atoms with Gasteiger partial charge in [0.1, 0.15) is 0 Å². The molecule has 0 bridgehead atoms. The molecule has 0 atom stereocenters. The van der Waals surface area contributed by atoms with Crippen LogP contribution >= 0.6 is 0 Å². The number of rotatable bonds is 6. The predicted molar refractivity (Wildman–Crippen MR) is 73.4 cm³/mol. The molecule has 0 saturated heterocycles. The van der Waals surface area contributed by atoms with E-state index in [1.165, 1.54) is 0 Å². The second kappa shape index (κ2) is 6.70. The first-order valence-corrected chi connectivity index (χ1v) is 6.65. The van der Waals surface area contributed by atoms with Crippen molar-refractivity contribution in [3.63, 3.8) is 0 Å². The SMILES string of the molecule is FC(F)(F)CCCCNCc1ccc2cnccc2c1. The molecule has 0 radical (unpaired) electrons. The normalized spacial score (nSPS) is 11.9. The van der Waals surface area contributed by atoms with Crippen LogP contribution in [-0.2, 0) is 6.54 Å². The molecule has 1 N–H and O–H groups in total. The molecule has 0 aliphatic rings. The maximum Gasteiger partial charge on any atom is 0.389 e. The van der Waals surface area contributed by atoms with Gasteiger partial charge in [0.2, 0.25) is 0 Å². The summed E-state index contributed by atoms with van der Waals surface area (Å²) < 4.78 is 35.9. The summed E-state index contributed by atoms with van der Waals surface area (Å²) in [6.07, 6.45) is -0.457. The molecule has 0 saturated carbocycles. The quantitative estimate of drug-likeness (QED) is 0.808. The highest BCUT2D eigenvalue weighted by atomic mass is 19.4. The van der Waals surface area contributed by atoms with E-state index >= 15 is 0 Å². The van der Waals surface area contributed by atoms with Crippen LogP contribution in [0.25, 0.3) is 10.8 Å². The molecule has 0 unspecified atom stereocenters. The minimum absolute atomic E-state index is 0.180. The highest BCUT2D eigenvalue weighted by Crippen LogP contribution is 2.21. The Labute approximate surface area is 116 Å². The van der Waals surface area contributed by atoms with Gasteiger partial charge in [0.05, 0.1) is 0 Å². The second-order valence-electron chi connectivity index (χ2n) is 4.81. The summed E-state index contributed by atoms with van der Waals surface area (Å²) in [6.45, 7) is 1.27. The third kappa shape index (κ3) is 4.81. The number of alkyl halides is 3. The number of pyridine rings is 1. The van der Waals surface area contributed by atoms with E-state index < -0.39 is 12.6 Å². The van der Waals surface area contributed by atoms with Crippen molar-refractivity contribution >= 4 is 10.8 Å². The molecule has 1 aromatic carbocycles. The van der Waals surface area contributed by atoms with Crippen LogP contribution in [0, 0.1) is 0 Å². The van der Waals surface area contributed by atoms with Gasteiger partial charge in [-0.2, -0.15) is 13.2 Å². The largest absolute Gasteiger partial charge is 0.389 e. The van der Waals surface area contributed by atoms with Crippen molar-refractivity contribution in [3.8, 4) is 0 Å². The Morgan fingerprint density at radius 2 is 1.90 bits per heavy atom. The van der Waals surface area contributed by atoms with Gasteiger partial charge in [-0.3, -0.25) is 4.98 Å². The lowest BCUT2D eigenvalue weighted by atomic mass is 10.1. The zero-order chi connectivity index (χ0) is 14.4. The number of halogens is 3. The summed E-state index contributed by atoms with van der Waals surface area (Å²) in [5.74, 6) is 0. The topological polar surface area (TPSA) is 24.9 Å². The fourth-order valence-corrected chi connectivity index (χ4v) is 2.05. The van der Waals surface area contributed by atoms with Gasteiger partial charge in [-0.15, -0.1) is 0 Å². The molecule has 20 heavy (non-hydrogen) atoms. The summed E-state index contributed by atoms with van der Waals surface area (Å²) in [5.41, 5.74) is 1.12. The lowest BCUT2D eigenvalue weighted by molar-refractivity contribution is -0.135. The number of unbranched alkanes of at least 4 members (excludes halogenated alkanes) is 1. The highest BCUT2D eigenvalue weighted by Gasteiger charge is 2.25. The van der Waals surface area contributed by atoms with Crippen molar-refractivity contribution in [2.24, 2.45) is 0 Å². The summed E-state index contributed by atoms with van der Waals surface area (Å²) in [5, 5.41) is 5.38. The average Bonchev–Trinajstić information content (AvgIpc) is 2.41. The van der Waals surface area contributed by atoms with Gasteiger partial charge in [0.25, 0.3) is 0 Å². The average molecular weight is 282 g/mol. The van der Waals surface area contributed by atoms with Crippen LogP contribution in [0.5, 0.6) is 0 Å². The third-order valence-corrected chi connectivity index (χ3v) is 3.10. The van der Waals surface area contributed by atoms with Crippen LogP contribution in [0.2, 0.25) is 0 Å². The van der Waals surface area contributed by atoms with E-state index in [1.807, 2.05) is 24.4 Å². The van der Waals surface area contributed by atoms with Gasteiger partial charge in [-0.1, -0.05) is 12.1 Å². The maximum atomic E-state index is 12.0. The summed E-state index contributed by atoms with van der Waals surface area (Å²) >= 11 is 0. The number of nitrogens with zero attached hydrogens (tertiary/aromatic N) is 1. The Bertz CT molecular complexity index is 552. The molecule has 2 nitrogen and oxygen atoms in total. The van der Waals surface area contributed by atoms with E-state index in [4.69, 9.17) is 0 Å². The van der Waals surface area contributed by atoms with Crippen molar-refractivity contribution in [2.75, 3.05) is 6.54 Å². The van der Waals surface area contributed by atoms with Crippen LogP contribution < -0.4 is 5.32 Å². The van der Waals surface area contributed by atoms with Crippen LogP contribution in [0.15, 0.2) is 36.7 Å². The van der Waals surface area contributed by atoms with E-state index in [0.29, 0.717) is 19.5 Å². The lowest BCUT2D eigenvalue weighted by Crippen LogP contribution is -2.15. The number of aromatic nitrogens is 1. The van der Waals surface area contributed by atoms with Crippen molar-refractivity contribution in [1.82, 2.24) is 10.3 Å². The van der Waals surface area contributed by atoms with E-state index in [1.54, 1.807) is 6.20 Å². The van der Waals surface area contributed by atoms with Crippen molar-refractivity contribution in [2.45, 2.75) is 32.0 Å². The molecular formula is C15H17F3N2. The molecule has 0 amide bonds. The Morgan fingerprint density at radius 1 is 1.05 bits per heavy atom. The van der Waals surface area contributed by atoms with Crippen molar-refractivity contribution < 1.29 is 13.2 Å². The lowest BCUT2D eigenvalue weighted by Gasteiger charge is -2.07. The molecule has 2 aromatic rings. The van der Waals surface area contributed by atoms with Gasteiger partial charge in [-0.05, 0) is 42.5 Å². The van der Waals surface area contributed by atoms with E-state index in [9.17, 15) is 13.2 Å². The molecular weight excluding hydrogens is 265 g/mol. The first-order chi connectivity index (χ1) is 9.54. The summed E-state index contributed by atoms with van der Waals surface area (Å²) in [6, 6.07) is 8.03. The van der Waals surface area contributed by atoms with E-state index in [2.05, 4.69) is 16.4 Å². The summed E-state index contributed by atoms with van der Waals surface area (Å²) in [7, 11) is 0. The van der Waals surface area contributed by atoms with Crippen LogP contribution in [0.1, 0.15) is 24.8 Å². The molecule has 0 fully saturated rings. The second-order valence-corrected chi connectivity index (χ2v) is 4.81. The summed E-state index contributed by atoms with van der Waals surface area (Å²) in [4.78, 5) is 4.05. The van der Waals surface area contributed by atoms with Crippen molar-refractivity contribution in [1.29, 1.82) is 0 Å². The first-order valence-electron chi connectivity index (χ1n) is 6.65. The number of benzene rings is 1. The predicted octanol–water partition coefficient (Wildman–Crippen LogP) is 4.06. The Hall–Kier alpha value is -1.62. The fourth-order valence-electron chi connectivity index (χ4n) is 2.05. The Kier molecular flexibility index (Phi) is 4.95. The molecule has 0 spiro atoms. The van der Waals surface area contributed by atoms with Crippen LogP contribution in [-0.4, -0.2) is 17.7 Å². The highest BCUT2D eigenvalue weighted by molar-refractivity contribution is 5.81. The number of fused-ring (bicyclic) bond motifs is 1. The molecule has 0 aliphatic carbocycles. The van der Waals surface area contributed by atoms with Gasteiger partial charge in [0.15, 0.2) is 0 Å². The van der Waals surface area contributed by atoms with Gasteiger partial charge in [0, 0.05) is 30.7 Å². The molecule has 108 valence electrons.